The number of amides is 1. The molecule has 42 heavy (non-hydrogen) atoms. The number of halogens is 3. The summed E-state index contributed by atoms with van der Waals surface area (Å²) >= 11 is 0. The lowest BCUT2D eigenvalue weighted by atomic mass is 10.0. The van der Waals surface area contributed by atoms with Crippen molar-refractivity contribution in [2.45, 2.75) is 50.7 Å². The zero-order valence-corrected chi connectivity index (χ0v) is 23.5. The second-order valence-electron chi connectivity index (χ2n) is 10.7. The molecule has 3 aliphatic heterocycles. The van der Waals surface area contributed by atoms with Gasteiger partial charge in [0.15, 0.2) is 5.75 Å². The molecule has 0 radical (unpaired) electrons. The minimum atomic E-state index is -4.82. The van der Waals surface area contributed by atoms with Crippen LogP contribution in [0.3, 0.4) is 0 Å². The maximum Gasteiger partial charge on any atom is 0.573 e. The van der Waals surface area contributed by atoms with E-state index in [1.807, 2.05) is 4.90 Å². The number of nitriles is 1. The normalized spacial score (nSPS) is 21.1. The van der Waals surface area contributed by atoms with E-state index in [0.29, 0.717) is 56.4 Å². The highest BCUT2D eigenvalue weighted by Gasteiger charge is 2.35. The van der Waals surface area contributed by atoms with E-state index in [-0.39, 0.29) is 42.7 Å². The summed E-state index contributed by atoms with van der Waals surface area (Å²) in [6.45, 7) is 6.93. The Kier molecular flexibility index (Phi) is 8.72. The van der Waals surface area contributed by atoms with Gasteiger partial charge in [-0.25, -0.2) is 0 Å². The molecule has 0 N–H and O–H groups in total. The number of piperazine rings is 1. The topological polar surface area (TPSA) is 98.1 Å². The van der Waals surface area contributed by atoms with Gasteiger partial charge in [0.25, 0.3) is 0 Å². The van der Waals surface area contributed by atoms with E-state index in [1.165, 1.54) is 18.2 Å². The van der Waals surface area contributed by atoms with Crippen molar-refractivity contribution in [3.8, 4) is 17.8 Å². The molecule has 2 atom stereocenters. The molecule has 0 aliphatic carbocycles. The van der Waals surface area contributed by atoms with E-state index in [4.69, 9.17) is 14.7 Å². The molecule has 2 fully saturated rings. The number of aromatic nitrogens is 2. The summed E-state index contributed by atoms with van der Waals surface area (Å²) in [6.07, 6.45) is -0.831. The maximum absolute atomic E-state index is 13.1. The number of nitrogens with zero attached hydrogens (tertiary/aromatic N) is 7. The van der Waals surface area contributed by atoms with Crippen LogP contribution >= 0.6 is 0 Å². The number of ether oxygens (including phenoxy) is 2. The molecule has 0 spiro atoms. The Morgan fingerprint density at radius 3 is 2.69 bits per heavy atom. The van der Waals surface area contributed by atoms with Crippen LogP contribution in [-0.4, -0.2) is 90.5 Å². The van der Waals surface area contributed by atoms with Crippen LogP contribution in [0, 0.1) is 11.3 Å². The number of likely N-dealkylation sites (tertiary alicyclic amines) is 1. The Bertz CT molecular complexity index is 1350. The fraction of sp³-hybridized carbons (Fsp3) is 0.517. The first-order chi connectivity index (χ1) is 20.2. The van der Waals surface area contributed by atoms with Crippen molar-refractivity contribution in [3.05, 3.63) is 48.2 Å². The first kappa shape index (κ1) is 29.4. The summed E-state index contributed by atoms with van der Waals surface area (Å²) < 4.78 is 49.8. The van der Waals surface area contributed by atoms with Crippen LogP contribution in [-0.2, 0) is 17.8 Å². The SMILES string of the molecule is C=CC(=O)N1CCN(c2nc(OCC3CCCN3C)nc3c2CCN(c2ccccc2OC(F)(F)F)C3)CC1CC#N. The number of anilines is 2. The third-order valence-electron chi connectivity index (χ3n) is 8.10. The van der Waals surface area contributed by atoms with E-state index in [1.54, 1.807) is 17.0 Å². The summed E-state index contributed by atoms with van der Waals surface area (Å²) in [7, 11) is 2.05. The third kappa shape index (κ3) is 6.54. The number of benzene rings is 1. The summed E-state index contributed by atoms with van der Waals surface area (Å²) in [5.74, 6) is 0.174. The summed E-state index contributed by atoms with van der Waals surface area (Å²) in [4.78, 5) is 29.8. The first-order valence-corrected chi connectivity index (χ1v) is 14.0. The molecule has 1 amide bonds. The second kappa shape index (κ2) is 12.4. The molecule has 0 saturated carbocycles. The first-order valence-electron chi connectivity index (χ1n) is 14.0. The quantitative estimate of drug-likeness (QED) is 0.431. The van der Waals surface area contributed by atoms with Crippen LogP contribution in [0.2, 0.25) is 0 Å². The lowest BCUT2D eigenvalue weighted by Gasteiger charge is -2.42. The van der Waals surface area contributed by atoms with Gasteiger partial charge in [-0.3, -0.25) is 4.79 Å². The lowest BCUT2D eigenvalue weighted by molar-refractivity contribution is -0.274. The zero-order chi connectivity index (χ0) is 29.9. The monoisotopic (exact) mass is 585 g/mol. The smallest absolute Gasteiger partial charge is 0.462 e. The maximum atomic E-state index is 13.1. The minimum absolute atomic E-state index is 0.157. The molecular formula is C29H34F3N7O3. The van der Waals surface area contributed by atoms with Gasteiger partial charge in [-0.05, 0) is 51.1 Å². The Morgan fingerprint density at radius 1 is 1.17 bits per heavy atom. The molecule has 2 aromatic rings. The molecule has 3 aliphatic rings. The molecule has 13 heteroatoms. The predicted octanol–water partition coefficient (Wildman–Crippen LogP) is 3.53. The van der Waals surface area contributed by atoms with Crippen LogP contribution in [0.1, 0.15) is 30.5 Å². The van der Waals surface area contributed by atoms with Crippen LogP contribution in [0.5, 0.6) is 11.8 Å². The highest BCUT2D eigenvalue weighted by Crippen LogP contribution is 2.37. The van der Waals surface area contributed by atoms with Crippen molar-refractivity contribution >= 4 is 17.4 Å². The lowest BCUT2D eigenvalue weighted by Crippen LogP contribution is -2.55. The van der Waals surface area contributed by atoms with Crippen molar-refractivity contribution < 1.29 is 27.4 Å². The summed E-state index contributed by atoms with van der Waals surface area (Å²) in [5.41, 5.74) is 1.86. The fourth-order valence-corrected chi connectivity index (χ4v) is 5.95. The molecule has 2 unspecified atom stereocenters. The Labute approximate surface area is 242 Å². The van der Waals surface area contributed by atoms with Gasteiger partial charge < -0.3 is 29.1 Å². The standard InChI is InChI=1S/C29H34F3N7O3/c1-3-26(40)39-16-15-38(17-20(39)10-12-33)27-22-11-14-37(24-8-4-5-9-25(24)42-29(30,31)32)18-23(22)34-28(35-27)41-19-21-7-6-13-36(21)2/h3-5,8-9,20-21H,1,6-7,10-11,13-19H2,2H3. The molecule has 5 rings (SSSR count). The van der Waals surface area contributed by atoms with Gasteiger partial charge in [-0.1, -0.05) is 18.7 Å². The van der Waals surface area contributed by atoms with Crippen molar-refractivity contribution in [2.24, 2.45) is 0 Å². The number of para-hydroxylation sites is 2. The number of fused-ring (bicyclic) bond motifs is 1. The number of carbonyl (C=O) groups is 1. The van der Waals surface area contributed by atoms with Crippen LogP contribution < -0.4 is 19.3 Å². The average molecular weight is 586 g/mol. The minimum Gasteiger partial charge on any atom is -0.462 e. The third-order valence-corrected chi connectivity index (χ3v) is 8.10. The average Bonchev–Trinajstić information content (AvgIpc) is 3.39. The zero-order valence-electron chi connectivity index (χ0n) is 23.5. The van der Waals surface area contributed by atoms with Crippen LogP contribution in [0.15, 0.2) is 36.9 Å². The number of hydrogen-bond donors (Lipinski definition) is 0. The van der Waals surface area contributed by atoms with E-state index in [9.17, 15) is 23.2 Å². The Balaban J connectivity index is 1.46. The van der Waals surface area contributed by atoms with Crippen LogP contribution in [0.25, 0.3) is 0 Å². The van der Waals surface area contributed by atoms with Crippen molar-refractivity contribution in [2.75, 3.05) is 56.2 Å². The van der Waals surface area contributed by atoms with E-state index in [0.717, 1.165) is 24.9 Å². The van der Waals surface area contributed by atoms with Gasteiger partial charge in [0.05, 0.1) is 36.5 Å². The van der Waals surface area contributed by atoms with Gasteiger partial charge >= 0.3 is 12.4 Å². The number of hydrogen-bond acceptors (Lipinski definition) is 9. The second-order valence-corrected chi connectivity index (χ2v) is 10.7. The molecule has 10 nitrogen and oxygen atoms in total. The summed E-state index contributed by atoms with van der Waals surface area (Å²) in [5, 5.41) is 9.44. The molecule has 224 valence electrons. The number of rotatable bonds is 8. The molecule has 2 saturated heterocycles. The van der Waals surface area contributed by atoms with Gasteiger partial charge in [-0.15, -0.1) is 13.2 Å². The van der Waals surface area contributed by atoms with Crippen LogP contribution in [0.4, 0.5) is 24.7 Å². The van der Waals surface area contributed by atoms with Crippen molar-refractivity contribution in [1.29, 1.82) is 5.26 Å². The predicted molar refractivity (Wildman–Crippen MR) is 149 cm³/mol. The van der Waals surface area contributed by atoms with Crippen molar-refractivity contribution in [1.82, 2.24) is 19.8 Å². The molecular weight excluding hydrogens is 551 g/mol. The van der Waals surface area contributed by atoms with Gasteiger partial charge in [0.2, 0.25) is 5.91 Å². The highest BCUT2D eigenvalue weighted by atomic mass is 19.4. The van der Waals surface area contributed by atoms with Crippen molar-refractivity contribution in [3.63, 3.8) is 0 Å². The summed E-state index contributed by atoms with van der Waals surface area (Å²) in [6, 6.07) is 8.35. The number of alkyl halides is 3. The highest BCUT2D eigenvalue weighted by molar-refractivity contribution is 5.87. The number of likely N-dealkylation sites (N-methyl/N-ethyl adjacent to an activating group) is 1. The molecule has 0 bridgehead atoms. The Hall–Kier alpha value is -4.05. The molecule has 1 aromatic heterocycles. The van der Waals surface area contributed by atoms with Gasteiger partial charge in [0, 0.05) is 37.8 Å². The molecule has 1 aromatic carbocycles. The van der Waals surface area contributed by atoms with E-state index < -0.39 is 6.36 Å². The number of carbonyl (C=O) groups excluding carboxylic acids is 1. The molecule has 4 heterocycles. The largest absolute Gasteiger partial charge is 0.573 e. The van der Waals surface area contributed by atoms with Gasteiger partial charge in [-0.2, -0.15) is 15.2 Å². The fourth-order valence-electron chi connectivity index (χ4n) is 5.95. The Morgan fingerprint density at radius 2 is 1.98 bits per heavy atom. The van der Waals surface area contributed by atoms with E-state index >= 15 is 0 Å². The van der Waals surface area contributed by atoms with Gasteiger partial charge in [0.1, 0.15) is 12.4 Å². The van der Waals surface area contributed by atoms with E-state index in [2.05, 4.69) is 34.2 Å².